The fraction of sp³-hybridized carbons (Fsp3) is 0.367. The average Bonchev–Trinajstić information content (AvgIpc) is 3.71. The molecule has 0 spiro atoms. The van der Waals surface area contributed by atoms with Gasteiger partial charge in [0, 0.05) is 7.11 Å². The monoisotopic (exact) mass is 832 g/mol. The summed E-state index contributed by atoms with van der Waals surface area (Å²) in [6.07, 6.45) is -8.84. The summed E-state index contributed by atoms with van der Waals surface area (Å²) < 4.78 is 70.1. The summed E-state index contributed by atoms with van der Waals surface area (Å²) in [6, 6.07) is 49.3. The van der Waals surface area contributed by atoms with Gasteiger partial charge in [-0.05, 0) is 27.8 Å². The molecule has 3 aliphatic rings. The van der Waals surface area contributed by atoms with Gasteiger partial charge in [0.15, 0.2) is 24.8 Å². The minimum atomic E-state index is -1.08. The molecule has 5 aromatic carbocycles. The van der Waals surface area contributed by atoms with Crippen molar-refractivity contribution >= 4 is 6.16 Å². The Bertz CT molecular complexity index is 2030. The van der Waals surface area contributed by atoms with Crippen LogP contribution < -0.4 is 0 Å². The molecule has 0 bridgehead atoms. The lowest BCUT2D eigenvalue weighted by Gasteiger charge is -2.46. The van der Waals surface area contributed by atoms with E-state index in [0.29, 0.717) is 6.61 Å². The topological polar surface area (TPSA) is 119 Å². The Kier molecular flexibility index (Phi) is 15.2. The number of methoxy groups -OCH3 is 1. The van der Waals surface area contributed by atoms with Crippen LogP contribution >= 0.6 is 0 Å². The van der Waals surface area contributed by atoms with Gasteiger partial charge >= 0.3 is 6.16 Å². The third-order valence-corrected chi connectivity index (χ3v) is 10.8. The molecule has 3 heterocycles. The first-order chi connectivity index (χ1) is 30.1. The zero-order chi connectivity index (χ0) is 41.6. The number of carbonyl (C=O) groups is 1. The van der Waals surface area contributed by atoms with Crippen molar-refractivity contribution in [3.8, 4) is 0 Å². The smallest absolute Gasteiger partial charge is 0.424 e. The second-order valence-corrected chi connectivity index (χ2v) is 15.1. The number of fused-ring (bicyclic) bond motifs is 1. The number of hydrogen-bond acceptors (Lipinski definition) is 12. The van der Waals surface area contributed by atoms with E-state index in [1.807, 2.05) is 152 Å². The van der Waals surface area contributed by atoms with Crippen LogP contribution in [0.3, 0.4) is 0 Å². The lowest BCUT2D eigenvalue weighted by molar-refractivity contribution is -0.338. The van der Waals surface area contributed by atoms with Gasteiger partial charge in [-0.15, -0.1) is 0 Å². The fourth-order valence-corrected chi connectivity index (χ4v) is 7.75. The summed E-state index contributed by atoms with van der Waals surface area (Å²) in [4.78, 5) is 12.8. The zero-order valence-electron chi connectivity index (χ0n) is 34.1. The highest BCUT2D eigenvalue weighted by atomic mass is 16.8. The summed E-state index contributed by atoms with van der Waals surface area (Å²) in [7, 11) is 1.57. The Morgan fingerprint density at radius 1 is 0.410 bits per heavy atom. The largest absolute Gasteiger partial charge is 0.509 e. The van der Waals surface area contributed by atoms with Gasteiger partial charge in [-0.2, -0.15) is 0 Å². The molecule has 10 atom stereocenters. The van der Waals surface area contributed by atoms with E-state index in [0.717, 1.165) is 27.8 Å². The van der Waals surface area contributed by atoms with E-state index in [9.17, 15) is 4.79 Å². The highest BCUT2D eigenvalue weighted by Crippen LogP contribution is 2.36. The summed E-state index contributed by atoms with van der Waals surface area (Å²) in [6.45, 7) is 1.49. The van der Waals surface area contributed by atoms with Crippen LogP contribution in [0.25, 0.3) is 0 Å². The van der Waals surface area contributed by atoms with Gasteiger partial charge in [-0.25, -0.2) is 4.79 Å². The Labute approximate surface area is 356 Å². The molecular formula is C49H52O12. The van der Waals surface area contributed by atoms with E-state index in [4.69, 9.17) is 52.1 Å². The molecule has 3 saturated heterocycles. The first-order valence-electron chi connectivity index (χ1n) is 20.7. The molecule has 61 heavy (non-hydrogen) atoms. The Balaban J connectivity index is 1.04. The summed E-state index contributed by atoms with van der Waals surface area (Å²) in [5.41, 5.74) is 4.88. The first-order valence-corrected chi connectivity index (χ1v) is 20.7. The SMILES string of the molecule is CO[C@@H]1O[C@H](CO[C@H]2O[C@H](COCc3ccccc3)[C@@H](OCc3ccccc3)[C@@H]3OC(=O)O[C@@H]23)[C@@H](OCc2ccccc2)[C@H](OCc2ccccc2)[C@H]1OCc1ccccc1. The molecule has 0 saturated carbocycles. The average molecular weight is 833 g/mol. The van der Waals surface area contributed by atoms with Crippen molar-refractivity contribution in [2.45, 2.75) is 94.4 Å². The van der Waals surface area contributed by atoms with Crippen molar-refractivity contribution in [1.29, 1.82) is 0 Å². The molecule has 0 amide bonds. The van der Waals surface area contributed by atoms with Crippen molar-refractivity contribution in [2.24, 2.45) is 0 Å². The summed E-state index contributed by atoms with van der Waals surface area (Å²) in [5, 5.41) is 0. The van der Waals surface area contributed by atoms with Gasteiger partial charge in [0.05, 0.1) is 46.2 Å². The molecule has 0 aliphatic carbocycles. The quantitative estimate of drug-likeness (QED) is 0.0721. The van der Waals surface area contributed by atoms with Gasteiger partial charge < -0.3 is 52.1 Å². The van der Waals surface area contributed by atoms with Crippen LogP contribution in [0.15, 0.2) is 152 Å². The lowest BCUT2D eigenvalue weighted by atomic mass is 9.97. The van der Waals surface area contributed by atoms with Gasteiger partial charge in [0.2, 0.25) is 0 Å². The molecule has 12 heteroatoms. The van der Waals surface area contributed by atoms with Crippen LogP contribution in [0.4, 0.5) is 4.79 Å². The van der Waals surface area contributed by atoms with Gasteiger partial charge in [-0.3, -0.25) is 0 Å². The maximum Gasteiger partial charge on any atom is 0.509 e. The van der Waals surface area contributed by atoms with E-state index >= 15 is 0 Å². The molecule has 3 aliphatic heterocycles. The van der Waals surface area contributed by atoms with Crippen molar-refractivity contribution in [3.63, 3.8) is 0 Å². The van der Waals surface area contributed by atoms with E-state index in [1.165, 1.54) is 0 Å². The molecule has 0 radical (unpaired) electrons. The molecule has 320 valence electrons. The number of hydrogen-bond donors (Lipinski definition) is 0. The molecule has 0 N–H and O–H groups in total. The molecule has 8 rings (SSSR count). The third-order valence-electron chi connectivity index (χ3n) is 10.8. The highest BCUT2D eigenvalue weighted by molar-refractivity contribution is 5.63. The number of rotatable bonds is 20. The lowest BCUT2D eigenvalue weighted by Crippen LogP contribution is -2.63. The van der Waals surface area contributed by atoms with Crippen molar-refractivity contribution in [1.82, 2.24) is 0 Å². The highest BCUT2D eigenvalue weighted by Gasteiger charge is 2.56. The Morgan fingerprint density at radius 3 is 1.30 bits per heavy atom. The third kappa shape index (κ3) is 11.5. The molecule has 3 fully saturated rings. The van der Waals surface area contributed by atoms with Crippen molar-refractivity contribution in [2.75, 3.05) is 20.3 Å². The molecule has 5 aromatic rings. The number of ether oxygens (including phenoxy) is 11. The van der Waals surface area contributed by atoms with Crippen LogP contribution in [0, 0.1) is 0 Å². The normalized spacial score (nSPS) is 27.2. The van der Waals surface area contributed by atoms with Gasteiger partial charge in [0.25, 0.3) is 0 Å². The first kappa shape index (κ1) is 42.7. The summed E-state index contributed by atoms with van der Waals surface area (Å²) in [5.74, 6) is 0. The zero-order valence-corrected chi connectivity index (χ0v) is 34.1. The van der Waals surface area contributed by atoms with Crippen molar-refractivity contribution in [3.05, 3.63) is 179 Å². The molecule has 0 unspecified atom stereocenters. The van der Waals surface area contributed by atoms with Crippen LogP contribution in [-0.2, 0) is 85.1 Å². The molecule has 0 aromatic heterocycles. The van der Waals surface area contributed by atoms with Gasteiger partial charge in [0.1, 0.15) is 36.6 Å². The minimum Gasteiger partial charge on any atom is -0.424 e. The van der Waals surface area contributed by atoms with E-state index in [1.54, 1.807) is 7.11 Å². The number of carbonyl (C=O) groups excluding carboxylic acids is 1. The molecular weight excluding hydrogens is 781 g/mol. The second kappa shape index (κ2) is 21.7. The standard InChI is InChI=1S/C49H52O12/c1-51-47-45(56-31-38-25-15-6-16-26-38)43(55-30-37-23-13-5-14-24-37)41(53-28-35-19-9-3-10-20-35)40(58-47)33-57-48-46-44(60-49(50)61-46)42(54-29-36-21-11-4-12-22-36)39(59-48)32-52-27-34-17-7-2-8-18-34/h2-26,39-48H,27-33H2,1H3/t39-,40-,41-,42-,43+,44+,45-,46-,47-,48+/m1/s1. The predicted octanol–water partition coefficient (Wildman–Crippen LogP) is 7.56. The second-order valence-electron chi connectivity index (χ2n) is 15.1. The van der Waals surface area contributed by atoms with Gasteiger partial charge in [-0.1, -0.05) is 152 Å². The minimum absolute atomic E-state index is 0.0610. The van der Waals surface area contributed by atoms with E-state index in [-0.39, 0.29) is 39.6 Å². The predicted molar refractivity (Wildman–Crippen MR) is 222 cm³/mol. The number of benzene rings is 5. The van der Waals surface area contributed by atoms with Crippen LogP contribution in [0.1, 0.15) is 27.8 Å². The summed E-state index contributed by atoms with van der Waals surface area (Å²) >= 11 is 0. The molecule has 12 nitrogen and oxygen atoms in total. The maximum atomic E-state index is 12.8. The van der Waals surface area contributed by atoms with Crippen LogP contribution in [0.5, 0.6) is 0 Å². The maximum absolute atomic E-state index is 12.8. The van der Waals surface area contributed by atoms with Crippen molar-refractivity contribution < 1.29 is 56.9 Å². The van der Waals surface area contributed by atoms with Crippen LogP contribution in [-0.4, -0.2) is 87.9 Å². The van der Waals surface area contributed by atoms with Crippen LogP contribution in [0.2, 0.25) is 0 Å². The Hall–Kier alpha value is -4.99. The fourth-order valence-electron chi connectivity index (χ4n) is 7.75. The Morgan fingerprint density at radius 2 is 0.803 bits per heavy atom. The van der Waals surface area contributed by atoms with E-state index < -0.39 is 67.6 Å². The van der Waals surface area contributed by atoms with E-state index in [2.05, 4.69) is 0 Å².